The van der Waals surface area contributed by atoms with E-state index in [0.29, 0.717) is 11.3 Å². The monoisotopic (exact) mass is 269 g/mol. The fourth-order valence-electron chi connectivity index (χ4n) is 2.06. The Bertz CT molecular complexity index is 544. The molecule has 6 heteroatoms. The van der Waals surface area contributed by atoms with Gasteiger partial charge < -0.3 is 9.64 Å². The lowest BCUT2D eigenvalue weighted by Gasteiger charge is -2.34. The first-order valence-corrected chi connectivity index (χ1v) is 6.76. The van der Waals surface area contributed by atoms with E-state index >= 15 is 0 Å². The van der Waals surface area contributed by atoms with E-state index in [1.54, 1.807) is 11.3 Å². The van der Waals surface area contributed by atoms with E-state index in [4.69, 9.17) is 16.3 Å². The van der Waals surface area contributed by atoms with Crippen LogP contribution in [-0.2, 0) is 4.74 Å². The van der Waals surface area contributed by atoms with Crippen molar-refractivity contribution in [3.05, 3.63) is 16.7 Å². The van der Waals surface area contributed by atoms with Crippen molar-refractivity contribution in [2.75, 3.05) is 24.7 Å². The van der Waals surface area contributed by atoms with E-state index in [2.05, 4.69) is 21.8 Å². The Balaban J connectivity index is 2.11. The molecule has 1 atom stereocenters. The van der Waals surface area contributed by atoms with Gasteiger partial charge in [-0.3, -0.25) is 0 Å². The van der Waals surface area contributed by atoms with Crippen LogP contribution in [0.3, 0.4) is 0 Å². The zero-order chi connectivity index (χ0) is 11.8. The third-order valence-electron chi connectivity index (χ3n) is 2.90. The maximum atomic E-state index is 5.97. The molecule has 2 aromatic rings. The van der Waals surface area contributed by atoms with Gasteiger partial charge in [0.1, 0.15) is 0 Å². The highest BCUT2D eigenvalue weighted by Gasteiger charge is 2.23. The first-order chi connectivity index (χ1) is 8.25. The molecule has 0 aliphatic carbocycles. The van der Waals surface area contributed by atoms with Gasteiger partial charge in [0.15, 0.2) is 5.82 Å². The summed E-state index contributed by atoms with van der Waals surface area (Å²) in [5, 5.41) is 2.33. The van der Waals surface area contributed by atoms with E-state index in [1.165, 1.54) is 0 Å². The maximum Gasteiger partial charge on any atom is 0.224 e. The molecule has 0 amide bonds. The van der Waals surface area contributed by atoms with Gasteiger partial charge in [-0.15, -0.1) is 11.3 Å². The number of fused-ring (bicyclic) bond motifs is 1. The minimum absolute atomic E-state index is 0.310. The Morgan fingerprint density at radius 2 is 2.41 bits per heavy atom. The molecule has 3 heterocycles. The highest BCUT2D eigenvalue weighted by Crippen LogP contribution is 2.31. The van der Waals surface area contributed by atoms with E-state index in [9.17, 15) is 0 Å². The summed E-state index contributed by atoms with van der Waals surface area (Å²) in [6.07, 6.45) is 0. The van der Waals surface area contributed by atoms with Crippen molar-refractivity contribution in [3.63, 3.8) is 0 Å². The Morgan fingerprint density at radius 1 is 1.53 bits per heavy atom. The van der Waals surface area contributed by atoms with Crippen LogP contribution in [0.5, 0.6) is 0 Å². The normalized spacial score (nSPS) is 21.1. The van der Waals surface area contributed by atoms with Crippen LogP contribution < -0.4 is 4.90 Å². The molecule has 2 aromatic heterocycles. The van der Waals surface area contributed by atoms with Gasteiger partial charge in [-0.1, -0.05) is 0 Å². The summed E-state index contributed by atoms with van der Waals surface area (Å²) >= 11 is 7.62. The second-order valence-corrected chi connectivity index (χ2v) is 5.32. The van der Waals surface area contributed by atoms with Gasteiger partial charge in [0.25, 0.3) is 0 Å². The third-order valence-corrected chi connectivity index (χ3v) is 3.97. The van der Waals surface area contributed by atoms with Crippen LogP contribution in [0.25, 0.3) is 10.2 Å². The predicted octanol–water partition coefficient (Wildman–Crippen LogP) is 2.57. The molecule has 0 unspecified atom stereocenters. The summed E-state index contributed by atoms with van der Waals surface area (Å²) in [5.74, 6) is 0.936. The van der Waals surface area contributed by atoms with Gasteiger partial charge in [-0.05, 0) is 30.0 Å². The molecule has 1 saturated heterocycles. The molecule has 0 spiro atoms. The number of thiophene rings is 1. The van der Waals surface area contributed by atoms with Crippen LogP contribution in [-0.4, -0.2) is 35.8 Å². The van der Waals surface area contributed by atoms with Gasteiger partial charge in [0.2, 0.25) is 5.28 Å². The Labute approximate surface area is 108 Å². The molecule has 0 radical (unpaired) electrons. The molecule has 1 fully saturated rings. The second-order valence-electron chi connectivity index (χ2n) is 4.07. The number of halogens is 1. The first kappa shape index (κ1) is 11.2. The topological polar surface area (TPSA) is 38.2 Å². The van der Waals surface area contributed by atoms with Gasteiger partial charge in [-0.25, -0.2) is 4.98 Å². The summed E-state index contributed by atoms with van der Waals surface area (Å²) < 4.78 is 6.54. The molecular formula is C11H12ClN3OS. The predicted molar refractivity (Wildman–Crippen MR) is 70.1 cm³/mol. The molecular weight excluding hydrogens is 258 g/mol. The summed E-state index contributed by atoms with van der Waals surface area (Å²) in [6.45, 7) is 4.45. The zero-order valence-electron chi connectivity index (χ0n) is 9.39. The van der Waals surface area contributed by atoms with E-state index in [0.717, 1.165) is 35.8 Å². The van der Waals surface area contributed by atoms with Crippen molar-refractivity contribution in [2.45, 2.75) is 13.0 Å². The standard InChI is InChI=1S/C11H12ClN3OS/c1-7-6-16-4-3-15(7)10-9-8(2-5-17-9)13-11(12)14-10/h2,5,7H,3-4,6H2,1H3/t7-/m0/s1. The minimum atomic E-state index is 0.310. The van der Waals surface area contributed by atoms with Crippen molar-refractivity contribution < 1.29 is 4.74 Å². The zero-order valence-corrected chi connectivity index (χ0v) is 11.0. The quantitative estimate of drug-likeness (QED) is 0.746. The summed E-state index contributed by atoms with van der Waals surface area (Å²) in [5.41, 5.74) is 0.920. The molecule has 1 aliphatic rings. The highest BCUT2D eigenvalue weighted by atomic mass is 35.5. The number of aromatic nitrogens is 2. The minimum Gasteiger partial charge on any atom is -0.377 e. The van der Waals surface area contributed by atoms with Crippen molar-refractivity contribution in [1.29, 1.82) is 0 Å². The van der Waals surface area contributed by atoms with Gasteiger partial charge >= 0.3 is 0 Å². The number of rotatable bonds is 1. The lowest BCUT2D eigenvalue weighted by molar-refractivity contribution is 0.0987. The lowest BCUT2D eigenvalue weighted by Crippen LogP contribution is -2.44. The van der Waals surface area contributed by atoms with Crippen molar-refractivity contribution in [2.24, 2.45) is 0 Å². The number of morpholine rings is 1. The fraction of sp³-hybridized carbons (Fsp3) is 0.455. The van der Waals surface area contributed by atoms with Crippen LogP contribution in [0.2, 0.25) is 5.28 Å². The molecule has 1 aliphatic heterocycles. The molecule has 17 heavy (non-hydrogen) atoms. The lowest BCUT2D eigenvalue weighted by atomic mass is 10.2. The van der Waals surface area contributed by atoms with E-state index in [1.807, 2.05) is 11.4 Å². The number of ether oxygens (including phenoxy) is 1. The first-order valence-electron chi connectivity index (χ1n) is 5.51. The largest absolute Gasteiger partial charge is 0.377 e. The van der Waals surface area contributed by atoms with Crippen LogP contribution in [0.15, 0.2) is 11.4 Å². The number of hydrogen-bond acceptors (Lipinski definition) is 5. The molecule has 0 saturated carbocycles. The van der Waals surface area contributed by atoms with Gasteiger partial charge in [0, 0.05) is 6.54 Å². The molecule has 4 nitrogen and oxygen atoms in total. The third kappa shape index (κ3) is 1.99. The molecule has 0 bridgehead atoms. The molecule has 90 valence electrons. The van der Waals surface area contributed by atoms with Crippen molar-refractivity contribution in [3.8, 4) is 0 Å². The average Bonchev–Trinajstić information content (AvgIpc) is 2.76. The number of anilines is 1. The van der Waals surface area contributed by atoms with Crippen molar-refractivity contribution >= 4 is 39.0 Å². The summed E-state index contributed by atoms with van der Waals surface area (Å²) in [7, 11) is 0. The maximum absolute atomic E-state index is 5.97. The number of hydrogen-bond donors (Lipinski definition) is 0. The molecule has 0 aromatic carbocycles. The SMILES string of the molecule is C[C@H]1COCCN1c1nc(Cl)nc2ccsc12. The van der Waals surface area contributed by atoms with E-state index in [-0.39, 0.29) is 0 Å². The average molecular weight is 270 g/mol. The second kappa shape index (κ2) is 4.40. The Morgan fingerprint density at radius 3 is 3.24 bits per heavy atom. The van der Waals surface area contributed by atoms with Crippen molar-refractivity contribution in [1.82, 2.24) is 9.97 Å². The number of nitrogens with zero attached hydrogens (tertiary/aromatic N) is 3. The summed E-state index contributed by atoms with van der Waals surface area (Å²) in [4.78, 5) is 10.9. The van der Waals surface area contributed by atoms with E-state index < -0.39 is 0 Å². The summed E-state index contributed by atoms with van der Waals surface area (Å²) in [6, 6.07) is 2.29. The Kier molecular flexibility index (Phi) is 2.90. The van der Waals surface area contributed by atoms with Gasteiger partial charge in [0.05, 0.1) is 29.5 Å². The molecule has 3 rings (SSSR count). The Hall–Kier alpha value is -0.910. The highest BCUT2D eigenvalue weighted by molar-refractivity contribution is 7.17. The van der Waals surface area contributed by atoms with Gasteiger partial charge in [-0.2, -0.15) is 4.98 Å². The van der Waals surface area contributed by atoms with Crippen LogP contribution >= 0.6 is 22.9 Å². The smallest absolute Gasteiger partial charge is 0.224 e. The fourth-order valence-corrected chi connectivity index (χ4v) is 3.06. The van der Waals surface area contributed by atoms with Crippen LogP contribution in [0, 0.1) is 0 Å². The van der Waals surface area contributed by atoms with Crippen LogP contribution in [0.1, 0.15) is 6.92 Å². The van der Waals surface area contributed by atoms with Crippen LogP contribution in [0.4, 0.5) is 5.82 Å². The molecule has 0 N–H and O–H groups in total.